The second-order valence-corrected chi connectivity index (χ2v) is 7.16. The number of hydrogen-bond donors (Lipinski definition) is 3. The number of aromatic nitrogens is 2. The summed E-state index contributed by atoms with van der Waals surface area (Å²) in [5, 5.41) is 14.2. The number of esters is 1. The van der Waals surface area contributed by atoms with E-state index in [9.17, 15) is 9.59 Å². The number of anilines is 1. The Bertz CT molecular complexity index is 1070. The van der Waals surface area contributed by atoms with Crippen molar-refractivity contribution in [2.24, 2.45) is 0 Å². The van der Waals surface area contributed by atoms with Crippen molar-refractivity contribution in [3.63, 3.8) is 0 Å². The van der Waals surface area contributed by atoms with Gasteiger partial charge in [0.25, 0.3) is 5.91 Å². The highest BCUT2D eigenvalue weighted by molar-refractivity contribution is 7.13. The molecule has 28 heavy (non-hydrogen) atoms. The molecule has 0 unspecified atom stereocenters. The van der Waals surface area contributed by atoms with Gasteiger partial charge < -0.3 is 25.0 Å². The highest BCUT2D eigenvalue weighted by atomic mass is 32.1. The van der Waals surface area contributed by atoms with E-state index in [1.54, 1.807) is 17.4 Å². The van der Waals surface area contributed by atoms with E-state index in [1.807, 2.05) is 29.6 Å². The number of aromatic amines is 1. The fourth-order valence-electron chi connectivity index (χ4n) is 3.11. The molecule has 1 aliphatic rings. The summed E-state index contributed by atoms with van der Waals surface area (Å²) in [7, 11) is 1.27. The summed E-state index contributed by atoms with van der Waals surface area (Å²) in [5.74, 6) is -0.139. The SMILES string of the molecule is COC(=O)C1=C(Nc2ccc3nc(-c4cccs4)[nH]c3c2)C(=O)N(CCO)C1. The van der Waals surface area contributed by atoms with Crippen molar-refractivity contribution in [1.82, 2.24) is 14.9 Å². The molecule has 1 amide bonds. The minimum absolute atomic E-state index is 0.100. The van der Waals surface area contributed by atoms with Crippen LogP contribution in [0.1, 0.15) is 0 Å². The van der Waals surface area contributed by atoms with Crippen LogP contribution in [0.2, 0.25) is 0 Å². The topological polar surface area (TPSA) is 108 Å². The van der Waals surface area contributed by atoms with Gasteiger partial charge in [-0.1, -0.05) is 6.07 Å². The number of nitrogens with zero attached hydrogens (tertiary/aromatic N) is 2. The third kappa shape index (κ3) is 3.25. The maximum atomic E-state index is 12.6. The molecule has 0 saturated heterocycles. The quantitative estimate of drug-likeness (QED) is 0.548. The van der Waals surface area contributed by atoms with Crippen LogP contribution < -0.4 is 5.32 Å². The van der Waals surface area contributed by atoms with Gasteiger partial charge in [0.1, 0.15) is 11.5 Å². The zero-order chi connectivity index (χ0) is 19.7. The monoisotopic (exact) mass is 398 g/mol. The third-order valence-corrected chi connectivity index (χ3v) is 5.34. The molecule has 3 aromatic rings. The van der Waals surface area contributed by atoms with Gasteiger partial charge in [-0.15, -0.1) is 11.3 Å². The van der Waals surface area contributed by atoms with Crippen molar-refractivity contribution < 1.29 is 19.4 Å². The fraction of sp³-hybridized carbons (Fsp3) is 0.211. The molecule has 0 aliphatic carbocycles. The molecule has 8 nitrogen and oxygen atoms in total. The van der Waals surface area contributed by atoms with Crippen LogP contribution in [-0.4, -0.2) is 58.7 Å². The van der Waals surface area contributed by atoms with Crippen molar-refractivity contribution in [3.05, 3.63) is 47.0 Å². The van der Waals surface area contributed by atoms with E-state index in [2.05, 4.69) is 15.3 Å². The summed E-state index contributed by atoms with van der Waals surface area (Å²) in [4.78, 5) is 35.0. The van der Waals surface area contributed by atoms with Gasteiger partial charge in [0, 0.05) is 12.2 Å². The number of nitrogens with one attached hydrogen (secondary N) is 2. The van der Waals surface area contributed by atoms with E-state index in [1.165, 1.54) is 12.0 Å². The van der Waals surface area contributed by atoms with E-state index in [0.29, 0.717) is 5.69 Å². The highest BCUT2D eigenvalue weighted by Gasteiger charge is 2.34. The van der Waals surface area contributed by atoms with Crippen molar-refractivity contribution in [2.75, 3.05) is 32.1 Å². The molecule has 1 aromatic carbocycles. The van der Waals surface area contributed by atoms with E-state index in [4.69, 9.17) is 9.84 Å². The number of fused-ring (bicyclic) bond motifs is 1. The Hall–Kier alpha value is -3.17. The van der Waals surface area contributed by atoms with E-state index in [0.717, 1.165) is 21.7 Å². The third-order valence-electron chi connectivity index (χ3n) is 4.46. The maximum Gasteiger partial charge on any atom is 0.337 e. The minimum atomic E-state index is -0.570. The first kappa shape index (κ1) is 18.2. The Balaban J connectivity index is 1.65. The molecule has 3 N–H and O–H groups in total. The average molecular weight is 398 g/mol. The molecular weight excluding hydrogens is 380 g/mol. The lowest BCUT2D eigenvalue weighted by Crippen LogP contribution is -2.31. The smallest absolute Gasteiger partial charge is 0.337 e. The zero-order valence-electron chi connectivity index (χ0n) is 15.1. The standard InChI is InChI=1S/C19H18N4O4S/c1-27-19(26)12-10-23(6-7-24)18(25)16(12)20-11-4-5-13-14(9-11)22-17(21-13)15-3-2-8-28-15/h2-5,8-9,20,24H,6-7,10H2,1H3,(H,21,22). The molecule has 144 valence electrons. The van der Waals surface area contributed by atoms with Crippen LogP contribution >= 0.6 is 11.3 Å². The minimum Gasteiger partial charge on any atom is -0.466 e. The predicted octanol–water partition coefficient (Wildman–Crippen LogP) is 1.96. The number of hydrogen-bond acceptors (Lipinski definition) is 7. The van der Waals surface area contributed by atoms with Gasteiger partial charge in [-0.25, -0.2) is 9.78 Å². The molecule has 0 spiro atoms. The summed E-state index contributed by atoms with van der Waals surface area (Å²) < 4.78 is 4.80. The number of rotatable bonds is 6. The fourth-order valence-corrected chi connectivity index (χ4v) is 3.78. The van der Waals surface area contributed by atoms with Crippen molar-refractivity contribution in [3.8, 4) is 10.7 Å². The highest BCUT2D eigenvalue weighted by Crippen LogP contribution is 2.28. The van der Waals surface area contributed by atoms with Crippen LogP contribution in [0.25, 0.3) is 21.7 Å². The lowest BCUT2D eigenvalue weighted by atomic mass is 10.2. The van der Waals surface area contributed by atoms with Gasteiger partial charge in [-0.3, -0.25) is 4.79 Å². The summed E-state index contributed by atoms with van der Waals surface area (Å²) in [5.41, 5.74) is 2.66. The van der Waals surface area contributed by atoms with Crippen LogP contribution in [-0.2, 0) is 14.3 Å². The lowest BCUT2D eigenvalue weighted by Gasteiger charge is -2.15. The maximum absolute atomic E-state index is 12.6. The number of amides is 1. The number of methoxy groups -OCH3 is 1. The van der Waals surface area contributed by atoms with Gasteiger partial charge in [0.05, 0.1) is 41.7 Å². The van der Waals surface area contributed by atoms with Gasteiger partial charge in [0.15, 0.2) is 0 Å². The molecular formula is C19H18N4O4S. The summed E-state index contributed by atoms with van der Waals surface area (Å²) in [6.45, 7) is 0.0660. The molecule has 0 bridgehead atoms. The molecule has 0 saturated carbocycles. The molecule has 0 radical (unpaired) electrons. The number of benzene rings is 1. The first-order chi connectivity index (χ1) is 13.6. The number of imidazole rings is 1. The average Bonchev–Trinajstić information content (AvgIpc) is 3.42. The summed E-state index contributed by atoms with van der Waals surface area (Å²) in [6, 6.07) is 9.43. The Morgan fingerprint density at radius 1 is 1.43 bits per heavy atom. The number of aliphatic hydroxyl groups excluding tert-OH is 1. The number of carbonyl (C=O) groups is 2. The number of ether oxygens (including phenoxy) is 1. The Kier molecular flexibility index (Phi) is 4.84. The second kappa shape index (κ2) is 7.45. The predicted molar refractivity (Wildman–Crippen MR) is 106 cm³/mol. The lowest BCUT2D eigenvalue weighted by molar-refractivity contribution is -0.136. The molecule has 3 heterocycles. The van der Waals surface area contributed by atoms with Gasteiger partial charge in [0.2, 0.25) is 0 Å². The number of β-amino-alcohol motifs (C(OH)–C–C–N with tert-alkyl or cyclic N) is 1. The Labute approximate surface area is 164 Å². The summed E-state index contributed by atoms with van der Waals surface area (Å²) in [6.07, 6.45) is 0. The number of aliphatic hydroxyl groups is 1. The molecule has 0 atom stereocenters. The van der Waals surface area contributed by atoms with Crippen LogP contribution in [0.3, 0.4) is 0 Å². The van der Waals surface area contributed by atoms with Crippen molar-refractivity contribution in [1.29, 1.82) is 0 Å². The van der Waals surface area contributed by atoms with Crippen LogP contribution in [0.4, 0.5) is 5.69 Å². The largest absolute Gasteiger partial charge is 0.466 e. The van der Waals surface area contributed by atoms with Gasteiger partial charge >= 0.3 is 5.97 Å². The molecule has 2 aromatic heterocycles. The van der Waals surface area contributed by atoms with Crippen LogP contribution in [0.15, 0.2) is 47.0 Å². The Morgan fingerprint density at radius 3 is 3.00 bits per heavy atom. The summed E-state index contributed by atoms with van der Waals surface area (Å²) >= 11 is 1.59. The molecule has 9 heteroatoms. The number of thiophene rings is 1. The van der Waals surface area contributed by atoms with E-state index >= 15 is 0 Å². The van der Waals surface area contributed by atoms with E-state index < -0.39 is 5.97 Å². The van der Waals surface area contributed by atoms with Crippen LogP contribution in [0.5, 0.6) is 0 Å². The molecule has 0 fully saturated rings. The van der Waals surface area contributed by atoms with Gasteiger partial charge in [-0.05, 0) is 29.6 Å². The normalized spacial score (nSPS) is 14.2. The Morgan fingerprint density at radius 2 is 2.29 bits per heavy atom. The van der Waals surface area contributed by atoms with Crippen molar-refractivity contribution >= 4 is 39.9 Å². The van der Waals surface area contributed by atoms with Crippen LogP contribution in [0, 0.1) is 0 Å². The molecule has 4 rings (SSSR count). The van der Waals surface area contributed by atoms with Gasteiger partial charge in [-0.2, -0.15) is 0 Å². The zero-order valence-corrected chi connectivity index (χ0v) is 15.9. The number of H-pyrrole nitrogens is 1. The van der Waals surface area contributed by atoms with E-state index in [-0.39, 0.29) is 36.9 Å². The first-order valence-electron chi connectivity index (χ1n) is 8.63. The number of carbonyl (C=O) groups excluding carboxylic acids is 2. The first-order valence-corrected chi connectivity index (χ1v) is 9.51. The van der Waals surface area contributed by atoms with Crippen molar-refractivity contribution in [2.45, 2.75) is 0 Å². The molecule has 1 aliphatic heterocycles. The second-order valence-electron chi connectivity index (χ2n) is 6.22.